The minimum absolute atomic E-state index is 0.000731. The van der Waals surface area contributed by atoms with E-state index < -0.39 is 123 Å². The van der Waals surface area contributed by atoms with Crippen LogP contribution < -0.4 is 54.3 Å². The van der Waals surface area contributed by atoms with Crippen molar-refractivity contribution in [2.75, 3.05) is 76.9 Å². The lowest BCUT2D eigenvalue weighted by molar-refractivity contribution is -0.131. The molecular formula is C99H92Cl7F7N22O6. The van der Waals surface area contributed by atoms with E-state index >= 15 is 13.2 Å². The Bertz CT molecular complexity index is 6860. The van der Waals surface area contributed by atoms with E-state index in [4.69, 9.17) is 114 Å². The van der Waals surface area contributed by atoms with Crippen LogP contribution in [0.1, 0.15) is 151 Å². The molecule has 0 aliphatic carbocycles. The van der Waals surface area contributed by atoms with Gasteiger partial charge in [0.2, 0.25) is 17.7 Å². The number of fused-ring (bicyclic) bond motifs is 3. The van der Waals surface area contributed by atoms with Crippen molar-refractivity contribution in [3.8, 4) is 69.0 Å². The highest BCUT2D eigenvalue weighted by Crippen LogP contribution is 2.50. The number of nitrogens with two attached hydrogens (primary N) is 4. The van der Waals surface area contributed by atoms with Gasteiger partial charge in [-0.25, -0.2) is 45.7 Å². The zero-order chi connectivity index (χ0) is 104. The van der Waals surface area contributed by atoms with Crippen LogP contribution in [0.4, 0.5) is 70.5 Å². The maximum atomic E-state index is 15.6. The van der Waals surface area contributed by atoms with Crippen LogP contribution in [0.3, 0.4) is 0 Å². The fraction of sp³-hybridized carbons (Fsp3) is 0.303. The molecule has 42 heteroatoms. The van der Waals surface area contributed by atoms with Crippen molar-refractivity contribution in [2.45, 2.75) is 158 Å². The fourth-order valence-corrected chi connectivity index (χ4v) is 20.5. The van der Waals surface area contributed by atoms with Gasteiger partial charge in [-0.3, -0.25) is 57.4 Å². The maximum absolute atomic E-state index is 15.6. The first-order valence-corrected chi connectivity index (χ1v) is 46.6. The maximum Gasteiger partial charge on any atom is 0.276 e. The van der Waals surface area contributed by atoms with Crippen molar-refractivity contribution >= 4 is 172 Å². The summed E-state index contributed by atoms with van der Waals surface area (Å²) < 4.78 is 109. The number of benzene rings is 3. The van der Waals surface area contributed by atoms with Gasteiger partial charge in [0, 0.05) is 110 Å². The van der Waals surface area contributed by atoms with Gasteiger partial charge in [0.1, 0.15) is 66.9 Å². The minimum atomic E-state index is -1.69. The Hall–Kier alpha value is -13.6. The molecule has 3 aliphatic heterocycles. The second kappa shape index (κ2) is 40.9. The summed E-state index contributed by atoms with van der Waals surface area (Å²) in [6.07, 6.45) is 8.52. The second-order valence-corrected chi connectivity index (χ2v) is 38.2. The molecule has 0 radical (unpaired) electrons. The van der Waals surface area contributed by atoms with Gasteiger partial charge < -0.3 is 52.3 Å². The van der Waals surface area contributed by atoms with Gasteiger partial charge in [-0.2, -0.15) is 15.8 Å². The zero-order valence-corrected chi connectivity index (χ0v) is 83.9. The molecule has 141 heavy (non-hydrogen) atoms. The molecule has 0 spiro atoms. The number of aryl methyl sites for hydroxylation is 3. The highest BCUT2D eigenvalue weighted by atomic mass is 35.5. The zero-order valence-electron chi connectivity index (χ0n) is 78.6. The van der Waals surface area contributed by atoms with Crippen LogP contribution in [-0.4, -0.2) is 152 Å². The summed E-state index contributed by atoms with van der Waals surface area (Å²) in [5.74, 6) is -10.9. The highest BCUT2D eigenvalue weighted by molar-refractivity contribution is 6.40. The van der Waals surface area contributed by atoms with E-state index in [0.717, 1.165) is 0 Å². The number of rotatable bonds is 15. The highest BCUT2D eigenvalue weighted by Gasteiger charge is 2.42. The van der Waals surface area contributed by atoms with Crippen molar-refractivity contribution in [2.24, 2.45) is 0 Å². The van der Waals surface area contributed by atoms with Crippen LogP contribution in [0.25, 0.3) is 83.9 Å². The Morgan fingerprint density at radius 3 is 0.915 bits per heavy atom. The number of hydrogen-bond acceptors (Lipinski definition) is 22. The summed E-state index contributed by atoms with van der Waals surface area (Å²) >= 11 is 44.2. The lowest BCUT2D eigenvalue weighted by Gasteiger charge is -2.45. The summed E-state index contributed by atoms with van der Waals surface area (Å²) in [7, 11) is 0. The number of nitrogens with zero attached hydrogens (tertiary/aromatic N) is 18. The molecular weight excluding hydrogens is 1970 g/mol. The molecule has 12 heterocycles. The number of carbonyl (C=O) groups excluding carboxylic acids is 3. The molecule has 3 saturated heterocycles. The van der Waals surface area contributed by atoms with Crippen molar-refractivity contribution in [1.29, 1.82) is 15.8 Å². The molecule has 12 aromatic rings. The Morgan fingerprint density at radius 1 is 0.383 bits per heavy atom. The Labute approximate surface area is 839 Å². The molecule has 8 N–H and O–H groups in total. The number of pyridine rings is 9. The number of amides is 3. The van der Waals surface area contributed by atoms with E-state index in [-0.39, 0.29) is 204 Å². The first kappa shape index (κ1) is 105. The van der Waals surface area contributed by atoms with E-state index in [1.54, 1.807) is 77.2 Å². The average molecular weight is 2070 g/mol. The molecule has 28 nitrogen and oxygen atoms in total. The van der Waals surface area contributed by atoms with E-state index in [1.165, 1.54) is 50.1 Å². The first-order chi connectivity index (χ1) is 66.5. The molecule has 3 fully saturated rings. The largest absolute Gasteiger partial charge is 0.396 e. The SMILES string of the molecule is C=CC(=O)N1[C@H](C)CN(c2c(C#N)c(=O)n(-c3c(C)ccnc3C(C)C)c3nc(-c4c(F)c(Cl)c(F)c(N)c4Cl)c(Cl)cc23)C[C@@H]1C.C=CC(=O)N1[C@H](C)CN(c2c(C#N)c(=O)n(-c3c(C)ccnc3C(C)C)c3nc(-c4c(N)c(F)c(Cl)c(F)c4F)c(Cl)cc23)C[C@@H]1C.C=CC(=O)N1[C@H](C)CN(c2c(C#N)c(=O)n(-c3c(C)ccnc3C(C)C)c3nc(-c4c(N)c(N)c(F)c(Cl)c4F)c(Cl)cc23)C[C@@H]1C. The number of piperazine rings is 3. The van der Waals surface area contributed by atoms with Crippen LogP contribution in [0, 0.1) is 95.5 Å². The van der Waals surface area contributed by atoms with Gasteiger partial charge in [-0.1, -0.05) is 142 Å². The third-order valence-corrected chi connectivity index (χ3v) is 27.3. The van der Waals surface area contributed by atoms with Gasteiger partial charge in [-0.05, 0) is 151 Å². The van der Waals surface area contributed by atoms with Gasteiger partial charge in [-0.15, -0.1) is 0 Å². The lowest BCUT2D eigenvalue weighted by Crippen LogP contribution is -2.58. The quantitative estimate of drug-likeness (QED) is 0.0243. The lowest BCUT2D eigenvalue weighted by atomic mass is 10.0. The van der Waals surface area contributed by atoms with E-state index in [1.807, 2.05) is 92.9 Å². The number of aromatic nitrogens is 9. The summed E-state index contributed by atoms with van der Waals surface area (Å²) in [6.45, 7) is 40.0. The molecule has 3 aliphatic rings. The predicted octanol–water partition coefficient (Wildman–Crippen LogP) is 20.0. The Kier molecular flexibility index (Phi) is 30.4. The molecule has 3 aromatic carbocycles. The van der Waals surface area contributed by atoms with Crippen LogP contribution in [0.5, 0.6) is 0 Å². The number of carbonyl (C=O) groups is 3. The topological polar surface area (TPSA) is 389 Å². The Morgan fingerprint density at radius 2 is 0.638 bits per heavy atom. The van der Waals surface area contributed by atoms with E-state index in [0.29, 0.717) is 50.8 Å². The molecule has 0 unspecified atom stereocenters. The fourth-order valence-electron chi connectivity index (χ4n) is 18.9. The van der Waals surface area contributed by atoms with Crippen LogP contribution >= 0.6 is 81.2 Å². The molecule has 6 atom stereocenters. The van der Waals surface area contributed by atoms with Crippen LogP contribution in [-0.2, 0) is 14.4 Å². The summed E-state index contributed by atoms with van der Waals surface area (Å²) in [6, 6.07) is 13.6. The Balaban J connectivity index is 0.000000178. The van der Waals surface area contributed by atoms with Crippen molar-refractivity contribution in [3.63, 3.8) is 0 Å². The number of nitrogen functional groups attached to an aromatic ring is 4. The number of anilines is 7. The van der Waals surface area contributed by atoms with E-state index in [9.17, 15) is 62.1 Å². The third-order valence-electron chi connectivity index (χ3n) is 25.0. The van der Waals surface area contributed by atoms with Crippen molar-refractivity contribution in [1.82, 2.24) is 58.3 Å². The molecule has 15 rings (SSSR count). The second-order valence-electron chi connectivity index (χ2n) is 35.4. The molecule has 9 aromatic heterocycles. The van der Waals surface area contributed by atoms with Crippen LogP contribution in [0.2, 0.25) is 35.2 Å². The standard InChI is InChI=1S/C33H30Cl3F2N7O2.C33H30Cl2F3N7O2.C33H32Cl2F2N8O2/c1-7-21(46)44-16(5)12-43(13-17(44)6)31-18-10-20(34)29(22-23(35)27(40)26(38)24(36)25(22)37)42-32(18)45(33(47)19(31)11-39)30-15(4)8-9-41-28(30)14(2)3;1-7-21(46)44-16(5)12-43(13-17(44)6)31-18-10-20(34)29(22-24(36)25(37)23(35)26(38)27(22)40)42-32(18)45(33(47)19(31)11-39)30-15(4)8-9-41-28(30)14(2)3;1-7-21(46)44-16(5)12-43(13-17(44)6)31-18-10-20(34)29(22-24(36)23(35)25(37)27(40)26(22)39)42-32(18)45(33(47)19(31)11-38)30-15(4)8-9-41-28(30)14(2)3/h2*7-10,14,16-17H,1,12-13,40H2,2-6H3;7-10,14,16-17H,1,12-13,39-40H2,2-6H3/t3*16-,17+. The molecule has 0 bridgehead atoms. The molecule has 732 valence electrons. The smallest absolute Gasteiger partial charge is 0.276 e. The monoisotopic (exact) mass is 2060 g/mol. The van der Waals surface area contributed by atoms with Gasteiger partial charge in [0.25, 0.3) is 16.7 Å². The van der Waals surface area contributed by atoms with Gasteiger partial charge >= 0.3 is 0 Å². The normalized spacial score (nSPS) is 16.5. The first-order valence-electron chi connectivity index (χ1n) is 44.0. The average Bonchev–Trinajstić information content (AvgIpc) is 0.725. The van der Waals surface area contributed by atoms with Gasteiger partial charge in [0.05, 0.1) is 128 Å². The summed E-state index contributed by atoms with van der Waals surface area (Å²) in [4.78, 5) is 120. The molecule has 0 saturated carbocycles. The van der Waals surface area contributed by atoms with E-state index in [2.05, 4.69) is 57.9 Å². The predicted molar refractivity (Wildman–Crippen MR) is 539 cm³/mol. The number of hydrogen-bond donors (Lipinski definition) is 4. The summed E-state index contributed by atoms with van der Waals surface area (Å²) in [5.41, 5.74) is 20.9. The van der Waals surface area contributed by atoms with Gasteiger partial charge in [0.15, 0.2) is 40.7 Å². The molecule has 3 amide bonds. The van der Waals surface area contributed by atoms with Crippen molar-refractivity contribution in [3.05, 3.63) is 250 Å². The number of halogens is 14. The van der Waals surface area contributed by atoms with Crippen molar-refractivity contribution < 1.29 is 45.1 Å². The minimum Gasteiger partial charge on any atom is -0.396 e. The van der Waals surface area contributed by atoms with Crippen LogP contribution in [0.15, 0.2) is 107 Å². The number of nitriles is 3. The third kappa shape index (κ3) is 18.1. The summed E-state index contributed by atoms with van der Waals surface area (Å²) in [5, 5.41) is 28.3.